The predicted molar refractivity (Wildman–Crippen MR) is 268 cm³/mol. The molecule has 4 heteroatoms. The third kappa shape index (κ3) is 6.70. The Hall–Kier alpha value is -7.82. The first-order valence-corrected chi connectivity index (χ1v) is 22.6. The number of aromatic nitrogens is 4. The van der Waals surface area contributed by atoms with Gasteiger partial charge in [0.25, 0.3) is 0 Å². The van der Waals surface area contributed by atoms with Crippen LogP contribution in [0.25, 0.3) is 101 Å². The van der Waals surface area contributed by atoms with E-state index < -0.39 is 0 Å². The van der Waals surface area contributed by atoms with Crippen molar-refractivity contribution in [3.63, 3.8) is 0 Å². The quantitative estimate of drug-likeness (QED) is 0.161. The highest BCUT2D eigenvalue weighted by molar-refractivity contribution is 6.10. The van der Waals surface area contributed by atoms with Crippen LogP contribution in [0.5, 0.6) is 0 Å². The smallest absolute Gasteiger partial charge is 0.234 e. The average molecular weight is 823 g/mol. The zero-order valence-electron chi connectivity index (χ0n) is 35.8. The molecule has 0 radical (unpaired) electrons. The molecule has 1 atom stereocenters. The molecule has 4 nitrogen and oxygen atoms in total. The zero-order chi connectivity index (χ0) is 42.6. The molecule has 0 aliphatic heterocycles. The fourth-order valence-corrected chi connectivity index (χ4v) is 10.1. The summed E-state index contributed by atoms with van der Waals surface area (Å²) in [6.07, 6.45) is 17.4. The number of allylic oxidation sites excluding steroid dienone is 5. The van der Waals surface area contributed by atoms with E-state index in [0.717, 1.165) is 48.0 Å². The van der Waals surface area contributed by atoms with Gasteiger partial charge >= 0.3 is 0 Å². The van der Waals surface area contributed by atoms with E-state index in [1.807, 2.05) is 12.3 Å². The molecule has 10 aromatic rings. The van der Waals surface area contributed by atoms with Gasteiger partial charge in [-0.25, -0.2) is 9.97 Å². The Labute approximate surface area is 373 Å². The van der Waals surface area contributed by atoms with Gasteiger partial charge in [-0.3, -0.25) is 4.57 Å². The number of benzene rings is 7. The van der Waals surface area contributed by atoms with Gasteiger partial charge in [0.05, 0.1) is 22.2 Å². The molecule has 7 aromatic carbocycles. The van der Waals surface area contributed by atoms with E-state index in [2.05, 4.69) is 210 Å². The largest absolute Gasteiger partial charge is 0.309 e. The first-order valence-electron chi connectivity index (χ1n) is 22.6. The second kappa shape index (κ2) is 15.8. The van der Waals surface area contributed by atoms with Crippen LogP contribution in [0.2, 0.25) is 0 Å². The van der Waals surface area contributed by atoms with Crippen molar-refractivity contribution in [3.05, 3.63) is 217 Å². The lowest BCUT2D eigenvalue weighted by atomic mass is 9.97. The summed E-state index contributed by atoms with van der Waals surface area (Å²) in [5.41, 5.74) is 19.1. The van der Waals surface area contributed by atoms with E-state index in [0.29, 0.717) is 11.9 Å². The summed E-state index contributed by atoms with van der Waals surface area (Å²) < 4.78 is 4.73. The van der Waals surface area contributed by atoms with E-state index in [9.17, 15) is 0 Å². The monoisotopic (exact) mass is 822 g/mol. The molecular weight excluding hydrogens is 777 g/mol. The minimum Gasteiger partial charge on any atom is -0.309 e. The minimum absolute atomic E-state index is 0.491. The molecule has 0 spiro atoms. The normalized spacial score (nSPS) is 14.8. The standard InChI is InChI=1S/C60H46N4/c1-40-12-10-20-52-54-39-48(47-28-32-57-53(38-47)51-19-8-9-21-56(51)63(57)50-30-26-44(27-31-50)42-15-6-3-7-16-42)29-33-58(54)64(59(52)36-40)60-61-35-34-55(62-60)49-18-11-17-46(37-49)45-24-22-43(23-25-45)41-13-4-2-5-14-41/h2-6,8-11,13-15,17-35,37-40H,7,12,16,36H2,1H3. The Morgan fingerprint density at radius 1 is 0.516 bits per heavy atom. The Morgan fingerprint density at radius 2 is 1.16 bits per heavy atom. The minimum atomic E-state index is 0.491. The summed E-state index contributed by atoms with van der Waals surface area (Å²) in [4.78, 5) is 10.3. The molecule has 0 amide bonds. The van der Waals surface area contributed by atoms with Crippen molar-refractivity contribution in [1.82, 2.24) is 19.1 Å². The van der Waals surface area contributed by atoms with Crippen LogP contribution >= 0.6 is 0 Å². The highest BCUT2D eigenvalue weighted by Crippen LogP contribution is 2.40. The highest BCUT2D eigenvalue weighted by atomic mass is 15.2. The Kier molecular flexibility index (Phi) is 9.37. The molecular formula is C60H46N4. The van der Waals surface area contributed by atoms with Crippen molar-refractivity contribution in [2.75, 3.05) is 0 Å². The third-order valence-corrected chi connectivity index (χ3v) is 13.3. The van der Waals surface area contributed by atoms with Gasteiger partial charge in [-0.05, 0) is 131 Å². The van der Waals surface area contributed by atoms with Crippen LogP contribution in [0, 0.1) is 5.92 Å². The Balaban J connectivity index is 0.919. The SMILES string of the molecule is CC1CC=Cc2c(n(-c3nccc(-c4cccc(-c5ccc(-c6ccccc6)cc5)c4)n3)c3ccc(-c4ccc5c(c4)c4ccccc4n5-c4ccc(C5=CC=CCC5)cc4)cc23)C1. The fraction of sp³-hybridized carbons (Fsp3) is 0.100. The average Bonchev–Trinajstić information content (AvgIpc) is 3.77. The number of rotatable bonds is 7. The van der Waals surface area contributed by atoms with Crippen LogP contribution in [-0.2, 0) is 6.42 Å². The Morgan fingerprint density at radius 3 is 1.95 bits per heavy atom. The van der Waals surface area contributed by atoms with Gasteiger partial charge in [-0.2, -0.15) is 0 Å². The first kappa shape index (κ1) is 37.9. The summed E-state index contributed by atoms with van der Waals surface area (Å²) in [7, 11) is 0. The molecule has 2 aliphatic rings. The van der Waals surface area contributed by atoms with Gasteiger partial charge < -0.3 is 4.57 Å². The van der Waals surface area contributed by atoms with Crippen LogP contribution < -0.4 is 0 Å². The topological polar surface area (TPSA) is 35.6 Å². The van der Waals surface area contributed by atoms with Crippen LogP contribution in [0.1, 0.15) is 43.0 Å². The van der Waals surface area contributed by atoms with Crippen LogP contribution in [0.15, 0.2) is 200 Å². The molecule has 2 aliphatic carbocycles. The molecule has 12 rings (SSSR count). The van der Waals surface area contributed by atoms with Crippen molar-refractivity contribution in [2.24, 2.45) is 5.92 Å². The first-order chi connectivity index (χ1) is 31.6. The number of hydrogen-bond donors (Lipinski definition) is 0. The van der Waals surface area contributed by atoms with Crippen molar-refractivity contribution < 1.29 is 0 Å². The van der Waals surface area contributed by atoms with Gasteiger partial charge in [0.15, 0.2) is 0 Å². The Bertz CT molecular complexity index is 3490. The maximum atomic E-state index is 5.31. The van der Waals surface area contributed by atoms with Crippen molar-refractivity contribution in [1.29, 1.82) is 0 Å². The second-order valence-electron chi connectivity index (χ2n) is 17.4. The summed E-state index contributed by atoms with van der Waals surface area (Å²) in [6.45, 7) is 2.34. The maximum absolute atomic E-state index is 5.31. The van der Waals surface area contributed by atoms with Gasteiger partial charge in [0.1, 0.15) is 0 Å². The molecule has 0 saturated heterocycles. The van der Waals surface area contributed by atoms with Crippen molar-refractivity contribution >= 4 is 44.4 Å². The molecule has 64 heavy (non-hydrogen) atoms. The summed E-state index contributed by atoms with van der Waals surface area (Å²) >= 11 is 0. The van der Waals surface area contributed by atoms with E-state index >= 15 is 0 Å². The fourth-order valence-electron chi connectivity index (χ4n) is 10.1. The van der Waals surface area contributed by atoms with E-state index in [1.54, 1.807) is 0 Å². The van der Waals surface area contributed by atoms with Crippen LogP contribution in [0.3, 0.4) is 0 Å². The van der Waals surface area contributed by atoms with Crippen molar-refractivity contribution in [3.8, 4) is 56.3 Å². The van der Waals surface area contributed by atoms with E-state index in [4.69, 9.17) is 9.97 Å². The molecule has 0 N–H and O–H groups in total. The molecule has 0 saturated carbocycles. The molecule has 3 heterocycles. The van der Waals surface area contributed by atoms with Gasteiger partial charge in [0, 0.05) is 44.9 Å². The predicted octanol–water partition coefficient (Wildman–Crippen LogP) is 15.5. The molecule has 1 unspecified atom stereocenters. The summed E-state index contributed by atoms with van der Waals surface area (Å²) in [6, 6.07) is 61.9. The van der Waals surface area contributed by atoms with Crippen LogP contribution in [0.4, 0.5) is 0 Å². The summed E-state index contributed by atoms with van der Waals surface area (Å²) in [5.74, 6) is 1.19. The lowest BCUT2D eigenvalue weighted by Gasteiger charge is -2.14. The molecule has 0 fully saturated rings. The lowest BCUT2D eigenvalue weighted by Crippen LogP contribution is -2.09. The number of para-hydroxylation sites is 1. The van der Waals surface area contributed by atoms with Gasteiger partial charge in [0.2, 0.25) is 5.95 Å². The second-order valence-corrected chi connectivity index (χ2v) is 17.4. The molecule has 3 aromatic heterocycles. The van der Waals surface area contributed by atoms with Gasteiger partial charge in [-0.1, -0.05) is 153 Å². The molecule has 0 bridgehead atoms. The summed E-state index contributed by atoms with van der Waals surface area (Å²) in [5, 5.41) is 3.73. The van der Waals surface area contributed by atoms with Gasteiger partial charge in [-0.15, -0.1) is 0 Å². The lowest BCUT2D eigenvalue weighted by molar-refractivity contribution is 0.579. The third-order valence-electron chi connectivity index (χ3n) is 13.3. The number of hydrogen-bond acceptors (Lipinski definition) is 2. The van der Waals surface area contributed by atoms with Crippen LogP contribution in [-0.4, -0.2) is 19.1 Å². The van der Waals surface area contributed by atoms with E-state index in [-0.39, 0.29) is 0 Å². The van der Waals surface area contributed by atoms with Crippen molar-refractivity contribution in [2.45, 2.75) is 32.6 Å². The highest BCUT2D eigenvalue weighted by Gasteiger charge is 2.23. The number of fused-ring (bicyclic) bond motifs is 6. The maximum Gasteiger partial charge on any atom is 0.234 e. The van der Waals surface area contributed by atoms with E-state index in [1.165, 1.54) is 83.1 Å². The zero-order valence-corrected chi connectivity index (χ0v) is 35.8. The molecule has 306 valence electrons. The number of nitrogens with zero attached hydrogens (tertiary/aromatic N) is 4.